The lowest BCUT2D eigenvalue weighted by Gasteiger charge is -2.21. The van der Waals surface area contributed by atoms with Crippen molar-refractivity contribution < 1.29 is 33.3 Å². The van der Waals surface area contributed by atoms with Crippen molar-refractivity contribution in [1.29, 1.82) is 0 Å². The lowest BCUT2D eigenvalue weighted by molar-refractivity contribution is -0.525. The highest BCUT2D eigenvalue weighted by molar-refractivity contribution is 5.60. The maximum atomic E-state index is 12.7. The number of methoxy groups -OCH3 is 6. The van der Waals surface area contributed by atoms with Crippen LogP contribution in [0, 0.1) is 10.1 Å². The predicted molar refractivity (Wildman–Crippen MR) is 133 cm³/mol. The van der Waals surface area contributed by atoms with E-state index in [9.17, 15) is 10.1 Å². The van der Waals surface area contributed by atoms with Gasteiger partial charge in [0.15, 0.2) is 34.5 Å². The van der Waals surface area contributed by atoms with Crippen LogP contribution >= 0.6 is 0 Å². The number of fused-ring (bicyclic) bond motifs is 1. The summed E-state index contributed by atoms with van der Waals surface area (Å²) >= 11 is 0. The third-order valence-electron chi connectivity index (χ3n) is 6.72. The smallest absolute Gasteiger partial charge is 0.234 e. The van der Waals surface area contributed by atoms with Gasteiger partial charge in [-0.05, 0) is 58.7 Å². The number of hydrogen-bond acceptors (Lipinski definition) is 8. The molecular formula is C27H29NO8. The zero-order valence-corrected chi connectivity index (χ0v) is 21.1. The molecule has 3 aromatic carbocycles. The zero-order chi connectivity index (χ0) is 26.0. The van der Waals surface area contributed by atoms with E-state index >= 15 is 0 Å². The van der Waals surface area contributed by atoms with E-state index in [0.717, 1.165) is 22.3 Å². The fraction of sp³-hybridized carbons (Fsp3) is 0.333. The van der Waals surface area contributed by atoms with E-state index in [1.165, 1.54) is 14.2 Å². The van der Waals surface area contributed by atoms with Gasteiger partial charge in [-0.1, -0.05) is 12.1 Å². The second-order valence-electron chi connectivity index (χ2n) is 8.30. The summed E-state index contributed by atoms with van der Waals surface area (Å²) in [5.41, 5.74) is 3.01. The topological polar surface area (TPSA) is 98.5 Å². The summed E-state index contributed by atoms with van der Waals surface area (Å²) in [4.78, 5) is 12.5. The average Bonchev–Trinajstić information content (AvgIpc) is 3.25. The maximum absolute atomic E-state index is 12.7. The molecule has 190 valence electrons. The van der Waals surface area contributed by atoms with Crippen LogP contribution in [-0.4, -0.2) is 53.6 Å². The van der Waals surface area contributed by atoms with Crippen molar-refractivity contribution in [3.05, 3.63) is 80.9 Å². The molecule has 0 bridgehead atoms. The van der Waals surface area contributed by atoms with Crippen LogP contribution in [0.25, 0.3) is 0 Å². The lowest BCUT2D eigenvalue weighted by Crippen LogP contribution is -2.29. The molecule has 2 atom stereocenters. The fourth-order valence-electron chi connectivity index (χ4n) is 5.10. The van der Waals surface area contributed by atoms with Crippen LogP contribution in [0.2, 0.25) is 0 Å². The fourth-order valence-corrected chi connectivity index (χ4v) is 5.10. The highest BCUT2D eigenvalue weighted by atomic mass is 16.6. The van der Waals surface area contributed by atoms with Crippen LogP contribution in [-0.2, 0) is 0 Å². The van der Waals surface area contributed by atoms with Crippen LogP contribution in [0.1, 0.15) is 34.1 Å². The molecule has 3 aromatic rings. The Hall–Kier alpha value is -4.14. The quantitative estimate of drug-likeness (QED) is 0.312. The lowest BCUT2D eigenvalue weighted by atomic mass is 9.85. The second kappa shape index (κ2) is 10.2. The molecule has 9 heteroatoms. The van der Waals surface area contributed by atoms with E-state index in [0.29, 0.717) is 34.5 Å². The Kier molecular flexibility index (Phi) is 7.10. The van der Waals surface area contributed by atoms with Gasteiger partial charge in [-0.2, -0.15) is 0 Å². The standard InChI is InChI=1S/C27H29NO8/c1-31-19-9-7-15(11-21(19)33-3)25-17-13-23(35-5)24(36-6)14-18(17)26(27(25)28(29)30)16-8-10-20(32-2)22(12-16)34-4/h7-14,25-27H,1-6H3/t25-,26-/m1/s1. The Bertz CT molecular complexity index is 1180. The predicted octanol–water partition coefficient (Wildman–Crippen LogP) is 4.66. The van der Waals surface area contributed by atoms with Gasteiger partial charge in [-0.3, -0.25) is 10.1 Å². The summed E-state index contributed by atoms with van der Waals surface area (Å²) < 4.78 is 32.9. The summed E-state index contributed by atoms with van der Waals surface area (Å²) in [6.45, 7) is 0. The van der Waals surface area contributed by atoms with Crippen LogP contribution in [0.15, 0.2) is 48.5 Å². The van der Waals surface area contributed by atoms with Crippen molar-refractivity contribution in [3.8, 4) is 34.5 Å². The monoisotopic (exact) mass is 495 g/mol. The Balaban J connectivity index is 1.99. The Morgan fingerprint density at radius 1 is 0.556 bits per heavy atom. The molecule has 0 unspecified atom stereocenters. The van der Waals surface area contributed by atoms with Crippen LogP contribution in [0.4, 0.5) is 0 Å². The SMILES string of the molecule is COc1ccc([C@@H]2c3cc(OC)c(OC)cc3[C@@H](c3ccc(OC)c(OC)c3)C2[N+](=O)[O-])cc1OC. The molecule has 36 heavy (non-hydrogen) atoms. The summed E-state index contributed by atoms with van der Waals surface area (Å²) in [6.07, 6.45) is 0. The number of nitrogens with zero attached hydrogens (tertiary/aromatic N) is 1. The molecule has 0 radical (unpaired) electrons. The first kappa shape index (κ1) is 25.0. The van der Waals surface area contributed by atoms with Gasteiger partial charge in [0, 0.05) is 4.92 Å². The Morgan fingerprint density at radius 3 is 1.19 bits per heavy atom. The molecule has 9 nitrogen and oxygen atoms in total. The molecule has 0 saturated heterocycles. The van der Waals surface area contributed by atoms with Gasteiger partial charge in [0.2, 0.25) is 6.04 Å². The molecule has 0 saturated carbocycles. The summed E-state index contributed by atoms with van der Waals surface area (Å²) in [6, 6.07) is 13.4. The molecule has 4 rings (SSSR count). The summed E-state index contributed by atoms with van der Waals surface area (Å²) in [5, 5.41) is 12.7. The third-order valence-corrected chi connectivity index (χ3v) is 6.72. The molecule has 0 amide bonds. The number of hydrogen-bond donors (Lipinski definition) is 0. The summed E-state index contributed by atoms with van der Waals surface area (Å²) in [7, 11) is 9.26. The van der Waals surface area contributed by atoms with Crippen molar-refractivity contribution in [2.75, 3.05) is 42.7 Å². The molecule has 0 fully saturated rings. The summed E-state index contributed by atoms with van der Waals surface area (Å²) in [5.74, 6) is 1.89. The minimum atomic E-state index is -1.02. The van der Waals surface area contributed by atoms with E-state index in [1.807, 2.05) is 24.3 Å². The van der Waals surface area contributed by atoms with Crippen molar-refractivity contribution in [2.24, 2.45) is 0 Å². The van der Waals surface area contributed by atoms with E-state index in [2.05, 4.69) is 0 Å². The van der Waals surface area contributed by atoms with Crippen LogP contribution in [0.5, 0.6) is 34.5 Å². The van der Waals surface area contributed by atoms with Crippen molar-refractivity contribution in [1.82, 2.24) is 0 Å². The highest BCUT2D eigenvalue weighted by Crippen LogP contribution is 2.53. The van der Waals surface area contributed by atoms with Gasteiger partial charge < -0.3 is 28.4 Å². The molecule has 0 heterocycles. The van der Waals surface area contributed by atoms with Gasteiger partial charge in [-0.15, -0.1) is 0 Å². The van der Waals surface area contributed by atoms with Crippen molar-refractivity contribution in [2.45, 2.75) is 17.9 Å². The molecule has 0 aromatic heterocycles. The van der Waals surface area contributed by atoms with Gasteiger partial charge in [0.05, 0.1) is 54.5 Å². The average molecular weight is 496 g/mol. The molecule has 0 N–H and O–H groups in total. The first-order valence-corrected chi connectivity index (χ1v) is 11.2. The minimum absolute atomic E-state index is 0.221. The van der Waals surface area contributed by atoms with Crippen molar-refractivity contribution >= 4 is 0 Å². The number of benzene rings is 3. The Labute approximate surface area is 209 Å². The largest absolute Gasteiger partial charge is 0.493 e. The number of nitro groups is 1. The number of ether oxygens (including phenoxy) is 6. The minimum Gasteiger partial charge on any atom is -0.493 e. The molecular weight excluding hydrogens is 466 g/mol. The first-order valence-electron chi connectivity index (χ1n) is 11.2. The molecule has 0 aliphatic heterocycles. The Morgan fingerprint density at radius 2 is 0.889 bits per heavy atom. The van der Waals surface area contributed by atoms with Crippen LogP contribution in [0.3, 0.4) is 0 Å². The van der Waals surface area contributed by atoms with E-state index in [-0.39, 0.29) is 4.92 Å². The number of rotatable bonds is 9. The highest BCUT2D eigenvalue weighted by Gasteiger charge is 2.51. The van der Waals surface area contributed by atoms with Crippen molar-refractivity contribution in [3.63, 3.8) is 0 Å². The molecule has 1 aliphatic carbocycles. The normalized spacial score (nSPS) is 16.7. The third kappa shape index (κ3) is 4.10. The molecule has 1 aliphatic rings. The van der Waals surface area contributed by atoms with Crippen LogP contribution < -0.4 is 28.4 Å². The molecule has 0 spiro atoms. The first-order chi connectivity index (χ1) is 17.4. The zero-order valence-electron chi connectivity index (χ0n) is 21.1. The second-order valence-corrected chi connectivity index (χ2v) is 8.30. The van der Waals surface area contributed by atoms with E-state index in [4.69, 9.17) is 28.4 Å². The van der Waals surface area contributed by atoms with Gasteiger partial charge in [0.25, 0.3) is 0 Å². The van der Waals surface area contributed by atoms with Gasteiger partial charge in [0.1, 0.15) is 0 Å². The van der Waals surface area contributed by atoms with Gasteiger partial charge >= 0.3 is 0 Å². The van der Waals surface area contributed by atoms with Gasteiger partial charge in [-0.25, -0.2) is 0 Å². The van der Waals surface area contributed by atoms with E-state index in [1.54, 1.807) is 52.7 Å². The maximum Gasteiger partial charge on any atom is 0.234 e. The van der Waals surface area contributed by atoms with E-state index < -0.39 is 17.9 Å².